The zero-order valence-corrected chi connectivity index (χ0v) is 19.9. The van der Waals surface area contributed by atoms with E-state index in [1.165, 1.54) is 6.42 Å². The molecule has 1 amide bonds. The Morgan fingerprint density at radius 1 is 1.18 bits per heavy atom. The second kappa shape index (κ2) is 9.23. The Bertz CT molecular complexity index is 1190. The molecule has 0 saturated heterocycles. The van der Waals surface area contributed by atoms with Crippen LogP contribution in [0.2, 0.25) is 0 Å². The summed E-state index contributed by atoms with van der Waals surface area (Å²) in [6, 6.07) is 14.4. The van der Waals surface area contributed by atoms with Crippen LogP contribution in [0.25, 0.3) is 22.2 Å². The lowest BCUT2D eigenvalue weighted by Gasteiger charge is -2.30. The Hall–Kier alpha value is -3.39. The highest BCUT2D eigenvalue weighted by Gasteiger charge is 2.27. The van der Waals surface area contributed by atoms with Crippen LogP contribution in [-0.2, 0) is 4.74 Å². The van der Waals surface area contributed by atoms with Crippen LogP contribution >= 0.6 is 0 Å². The fourth-order valence-corrected chi connectivity index (χ4v) is 4.15. The van der Waals surface area contributed by atoms with Gasteiger partial charge in [0.25, 0.3) is 0 Å². The van der Waals surface area contributed by atoms with Gasteiger partial charge in [0.1, 0.15) is 5.75 Å². The van der Waals surface area contributed by atoms with E-state index in [1.54, 1.807) is 0 Å². The Balaban J connectivity index is 1.68. The number of carbonyl (C=O) groups excluding carboxylic acids is 1. The summed E-state index contributed by atoms with van der Waals surface area (Å²) in [5, 5.41) is 3.84. The van der Waals surface area contributed by atoms with Crippen LogP contribution in [0.3, 0.4) is 0 Å². The lowest BCUT2D eigenvalue weighted by molar-refractivity contribution is 0.118. The van der Waals surface area contributed by atoms with Crippen molar-refractivity contribution in [2.75, 3.05) is 18.5 Å². The van der Waals surface area contributed by atoms with Crippen LogP contribution < -0.4 is 10.1 Å². The van der Waals surface area contributed by atoms with E-state index >= 15 is 0 Å². The monoisotopic (exact) mass is 444 g/mol. The zero-order valence-electron chi connectivity index (χ0n) is 19.9. The summed E-state index contributed by atoms with van der Waals surface area (Å²) in [4.78, 5) is 12.1. The Morgan fingerprint density at radius 2 is 1.91 bits per heavy atom. The van der Waals surface area contributed by atoms with E-state index in [9.17, 15) is 4.79 Å². The van der Waals surface area contributed by atoms with E-state index in [-0.39, 0.29) is 5.41 Å². The molecule has 3 aromatic rings. The molecule has 1 saturated carbocycles. The lowest BCUT2D eigenvalue weighted by Crippen LogP contribution is -2.21. The summed E-state index contributed by atoms with van der Waals surface area (Å²) in [7, 11) is 0. The van der Waals surface area contributed by atoms with Gasteiger partial charge in [0.2, 0.25) is 0 Å². The molecule has 0 radical (unpaired) electrons. The summed E-state index contributed by atoms with van der Waals surface area (Å²) < 4.78 is 13.4. The van der Waals surface area contributed by atoms with Crippen molar-refractivity contribution in [1.29, 1.82) is 0 Å². The fraction of sp³-hybridized carbons (Fsp3) is 0.393. The maximum Gasteiger partial charge on any atom is 0.411 e. The number of nitrogens with one attached hydrogen (secondary N) is 1. The summed E-state index contributed by atoms with van der Waals surface area (Å²) in [6.45, 7) is 9.02. The number of terminal acetylenes is 1. The minimum atomic E-state index is -0.450. The molecule has 172 valence electrons. The summed E-state index contributed by atoms with van der Waals surface area (Å²) in [5.41, 5.74) is 4.70. The quantitative estimate of drug-likeness (QED) is 0.416. The number of carbonyl (C=O) groups is 1. The zero-order chi connectivity index (χ0) is 23.6. The van der Waals surface area contributed by atoms with Gasteiger partial charge in [-0.1, -0.05) is 38.8 Å². The van der Waals surface area contributed by atoms with Gasteiger partial charge in [-0.05, 0) is 67.5 Å². The third-order valence-corrected chi connectivity index (χ3v) is 5.91. The SMILES string of the molecule is C#Cc1c(-c2ccc(NC(=O)OCC(C)(C)C)cc2)n(C2CCC2)c2ccc(OCC)cc12. The van der Waals surface area contributed by atoms with Crippen LogP contribution in [0.5, 0.6) is 5.75 Å². The van der Waals surface area contributed by atoms with E-state index in [4.69, 9.17) is 15.9 Å². The van der Waals surface area contributed by atoms with E-state index < -0.39 is 6.09 Å². The Kier molecular flexibility index (Phi) is 6.37. The highest BCUT2D eigenvalue weighted by molar-refractivity contribution is 5.96. The number of benzene rings is 2. The highest BCUT2D eigenvalue weighted by Crippen LogP contribution is 2.43. The van der Waals surface area contributed by atoms with Crippen molar-refractivity contribution in [3.05, 3.63) is 48.0 Å². The molecule has 0 spiro atoms. The Morgan fingerprint density at radius 3 is 2.48 bits per heavy atom. The van der Waals surface area contributed by atoms with Gasteiger partial charge in [-0.25, -0.2) is 4.79 Å². The number of nitrogens with zero attached hydrogens (tertiary/aromatic N) is 1. The van der Waals surface area contributed by atoms with Crippen LogP contribution in [0.1, 0.15) is 58.6 Å². The van der Waals surface area contributed by atoms with Crippen molar-refractivity contribution < 1.29 is 14.3 Å². The normalized spacial score (nSPS) is 13.9. The van der Waals surface area contributed by atoms with Crippen molar-refractivity contribution >= 4 is 22.7 Å². The predicted octanol–water partition coefficient (Wildman–Crippen LogP) is 7.01. The maximum atomic E-state index is 12.1. The molecule has 1 N–H and O–H groups in total. The largest absolute Gasteiger partial charge is 0.494 e. The van der Waals surface area contributed by atoms with E-state index in [0.717, 1.165) is 46.3 Å². The molecule has 1 fully saturated rings. The van der Waals surface area contributed by atoms with E-state index in [0.29, 0.717) is 24.9 Å². The number of ether oxygens (including phenoxy) is 2. The fourth-order valence-electron chi connectivity index (χ4n) is 4.15. The average Bonchev–Trinajstić information content (AvgIpc) is 3.05. The van der Waals surface area contributed by atoms with Crippen LogP contribution in [0.4, 0.5) is 10.5 Å². The summed E-state index contributed by atoms with van der Waals surface area (Å²) in [6.07, 6.45) is 9.11. The van der Waals surface area contributed by atoms with Gasteiger partial charge in [-0.3, -0.25) is 5.32 Å². The predicted molar refractivity (Wildman–Crippen MR) is 134 cm³/mol. The molecule has 1 aliphatic rings. The first-order chi connectivity index (χ1) is 15.8. The van der Waals surface area contributed by atoms with Crippen molar-refractivity contribution in [2.45, 2.75) is 53.0 Å². The molecule has 1 aromatic heterocycles. The van der Waals surface area contributed by atoms with Crippen LogP contribution in [0.15, 0.2) is 42.5 Å². The van der Waals surface area contributed by atoms with Gasteiger partial charge in [-0.15, -0.1) is 6.42 Å². The van der Waals surface area contributed by atoms with Crippen LogP contribution in [-0.4, -0.2) is 23.9 Å². The van der Waals surface area contributed by atoms with Gasteiger partial charge in [0, 0.05) is 17.1 Å². The van der Waals surface area contributed by atoms with Gasteiger partial charge < -0.3 is 14.0 Å². The van der Waals surface area contributed by atoms with Crippen molar-refractivity contribution in [3.63, 3.8) is 0 Å². The third kappa shape index (κ3) is 4.85. The number of aromatic nitrogens is 1. The minimum Gasteiger partial charge on any atom is -0.494 e. The smallest absolute Gasteiger partial charge is 0.411 e. The maximum absolute atomic E-state index is 12.1. The van der Waals surface area contributed by atoms with Crippen LogP contribution in [0, 0.1) is 17.8 Å². The third-order valence-electron chi connectivity index (χ3n) is 5.91. The molecular weight excluding hydrogens is 412 g/mol. The van der Waals surface area contributed by atoms with Gasteiger partial charge in [0.15, 0.2) is 0 Å². The second-order valence-corrected chi connectivity index (χ2v) is 9.77. The number of amides is 1. The minimum absolute atomic E-state index is 0.0796. The molecule has 5 heteroatoms. The number of rotatable bonds is 6. The molecule has 33 heavy (non-hydrogen) atoms. The standard InChI is InChI=1S/C28H32N2O3/c1-6-23-24-17-22(32-7-2)15-16-25(24)30(21-9-8-10-21)26(23)19-11-13-20(14-12-19)29-27(31)33-18-28(3,4)5/h1,11-17,21H,7-10,18H2,2-5H3,(H,29,31). The molecule has 1 aliphatic carbocycles. The van der Waals surface area contributed by atoms with E-state index in [2.05, 4.69) is 21.9 Å². The first kappa shape index (κ1) is 22.8. The van der Waals surface area contributed by atoms with Gasteiger partial charge in [0.05, 0.1) is 30.0 Å². The summed E-state index contributed by atoms with van der Waals surface area (Å²) >= 11 is 0. The molecule has 0 aliphatic heterocycles. The van der Waals surface area contributed by atoms with Crippen molar-refractivity contribution in [2.24, 2.45) is 5.41 Å². The number of fused-ring (bicyclic) bond motifs is 1. The topological polar surface area (TPSA) is 52.5 Å². The van der Waals surface area contributed by atoms with E-state index in [1.807, 2.05) is 64.1 Å². The number of hydrogen-bond donors (Lipinski definition) is 1. The molecule has 0 unspecified atom stereocenters. The molecular formula is C28H32N2O3. The number of hydrogen-bond acceptors (Lipinski definition) is 3. The average molecular weight is 445 g/mol. The van der Waals surface area contributed by atoms with Crippen molar-refractivity contribution in [1.82, 2.24) is 4.57 Å². The molecule has 0 atom stereocenters. The van der Waals surface area contributed by atoms with Crippen molar-refractivity contribution in [3.8, 4) is 29.4 Å². The molecule has 0 bridgehead atoms. The summed E-state index contributed by atoms with van der Waals surface area (Å²) in [5.74, 6) is 3.77. The second-order valence-electron chi connectivity index (χ2n) is 9.77. The van der Waals surface area contributed by atoms with Gasteiger partial charge in [-0.2, -0.15) is 0 Å². The first-order valence-corrected chi connectivity index (χ1v) is 11.6. The lowest BCUT2D eigenvalue weighted by atomic mass is 9.92. The highest BCUT2D eigenvalue weighted by atomic mass is 16.5. The molecule has 1 heterocycles. The van der Waals surface area contributed by atoms with Gasteiger partial charge >= 0.3 is 6.09 Å². The molecule has 5 nitrogen and oxygen atoms in total. The molecule has 4 rings (SSSR count). The first-order valence-electron chi connectivity index (χ1n) is 11.6. The Labute approximate surface area is 196 Å². The number of anilines is 1. The molecule has 2 aromatic carbocycles.